The highest BCUT2D eigenvalue weighted by molar-refractivity contribution is 14.1. The summed E-state index contributed by atoms with van der Waals surface area (Å²) in [5.74, 6) is 0.361. The Kier molecular flexibility index (Phi) is 5.34. The molecule has 2 nitrogen and oxygen atoms in total. The minimum absolute atomic E-state index is 0.00366. The molecule has 0 heterocycles. The highest BCUT2D eigenvalue weighted by atomic mass is 127. The lowest BCUT2D eigenvalue weighted by Gasteiger charge is -2.23. The van der Waals surface area contributed by atoms with Crippen molar-refractivity contribution in [3.05, 3.63) is 32.4 Å². The molecule has 0 fully saturated rings. The van der Waals surface area contributed by atoms with Crippen molar-refractivity contribution in [3.8, 4) is 0 Å². The number of carbonyl (C=O) groups is 1. The van der Waals surface area contributed by atoms with Gasteiger partial charge in [0.2, 0.25) is 0 Å². The highest BCUT2D eigenvalue weighted by Gasteiger charge is 2.19. The number of benzene rings is 1. The Morgan fingerprint density at radius 3 is 2.75 bits per heavy atom. The maximum absolute atomic E-state index is 12.1. The lowest BCUT2D eigenvalue weighted by atomic mass is 10.2. The molecule has 16 heavy (non-hydrogen) atoms. The molecular formula is C11H12Cl2INO. The number of hydrogen-bond acceptors (Lipinski definition) is 1. The summed E-state index contributed by atoms with van der Waals surface area (Å²) in [4.78, 5) is 13.7. The van der Waals surface area contributed by atoms with Crippen LogP contribution in [0.3, 0.4) is 0 Å². The van der Waals surface area contributed by atoms with Crippen LogP contribution in [0.2, 0.25) is 5.02 Å². The fourth-order valence-electron chi connectivity index (χ4n) is 1.16. The summed E-state index contributed by atoms with van der Waals surface area (Å²) in [7, 11) is 1.74. The monoisotopic (exact) mass is 371 g/mol. The zero-order valence-corrected chi connectivity index (χ0v) is 12.7. The van der Waals surface area contributed by atoms with E-state index in [-0.39, 0.29) is 11.9 Å². The molecule has 0 aliphatic rings. The largest absolute Gasteiger partial charge is 0.338 e. The van der Waals surface area contributed by atoms with Gasteiger partial charge in [0, 0.05) is 27.6 Å². The van der Waals surface area contributed by atoms with Crippen molar-refractivity contribution in [2.24, 2.45) is 0 Å². The standard InChI is InChI=1S/C11H12Cl2INO/c1-7(6-12)15(2)11(16)9-5-8(13)3-4-10(9)14/h3-5,7H,6H2,1-2H3. The van der Waals surface area contributed by atoms with Gasteiger partial charge in [0.25, 0.3) is 5.91 Å². The van der Waals surface area contributed by atoms with Crippen molar-refractivity contribution in [2.75, 3.05) is 12.9 Å². The van der Waals surface area contributed by atoms with Crippen LogP contribution in [0.25, 0.3) is 0 Å². The topological polar surface area (TPSA) is 20.3 Å². The van der Waals surface area contributed by atoms with Gasteiger partial charge in [-0.2, -0.15) is 0 Å². The van der Waals surface area contributed by atoms with Crippen LogP contribution in [0, 0.1) is 3.57 Å². The number of rotatable bonds is 3. The Morgan fingerprint density at radius 1 is 1.56 bits per heavy atom. The molecule has 88 valence electrons. The number of carbonyl (C=O) groups excluding carboxylic acids is 1. The SMILES string of the molecule is CC(CCl)N(C)C(=O)c1cc(Cl)ccc1I. The Labute approximate surface area is 119 Å². The second kappa shape index (κ2) is 6.07. The first kappa shape index (κ1) is 14.1. The van der Waals surface area contributed by atoms with Gasteiger partial charge in [-0.3, -0.25) is 4.79 Å². The molecule has 1 amide bonds. The molecule has 0 N–H and O–H groups in total. The van der Waals surface area contributed by atoms with Gasteiger partial charge in [-0.1, -0.05) is 11.6 Å². The van der Waals surface area contributed by atoms with Crippen LogP contribution in [-0.2, 0) is 0 Å². The van der Waals surface area contributed by atoms with E-state index in [1.54, 1.807) is 24.1 Å². The molecule has 0 saturated heterocycles. The predicted molar refractivity (Wildman–Crippen MR) is 76.4 cm³/mol. The molecule has 5 heteroatoms. The average molecular weight is 372 g/mol. The molecule has 1 atom stereocenters. The van der Waals surface area contributed by atoms with Crippen molar-refractivity contribution < 1.29 is 4.79 Å². The lowest BCUT2D eigenvalue weighted by molar-refractivity contribution is 0.0755. The van der Waals surface area contributed by atoms with Crippen molar-refractivity contribution in [3.63, 3.8) is 0 Å². The van der Waals surface area contributed by atoms with Crippen LogP contribution in [0.4, 0.5) is 0 Å². The van der Waals surface area contributed by atoms with Crippen LogP contribution < -0.4 is 0 Å². The normalized spacial score (nSPS) is 12.3. The molecule has 0 aromatic heterocycles. The van der Waals surface area contributed by atoms with Gasteiger partial charge in [-0.15, -0.1) is 11.6 Å². The molecule has 0 radical (unpaired) electrons. The van der Waals surface area contributed by atoms with E-state index in [2.05, 4.69) is 22.6 Å². The first-order chi connectivity index (χ1) is 7.47. The van der Waals surface area contributed by atoms with Crippen LogP contribution in [0.1, 0.15) is 17.3 Å². The van der Waals surface area contributed by atoms with Gasteiger partial charge in [0.15, 0.2) is 0 Å². The Hall–Kier alpha value is -0.000000000000000111. The van der Waals surface area contributed by atoms with Crippen LogP contribution in [0.15, 0.2) is 18.2 Å². The van der Waals surface area contributed by atoms with Crippen LogP contribution in [0.5, 0.6) is 0 Å². The molecule has 1 aromatic rings. The van der Waals surface area contributed by atoms with Crippen LogP contribution in [-0.4, -0.2) is 29.8 Å². The van der Waals surface area contributed by atoms with E-state index in [1.165, 1.54) is 0 Å². The van der Waals surface area contributed by atoms with Gasteiger partial charge in [-0.05, 0) is 47.7 Å². The molecule has 0 aliphatic heterocycles. The third kappa shape index (κ3) is 3.25. The quantitative estimate of drug-likeness (QED) is 0.586. The Morgan fingerprint density at radius 2 is 2.19 bits per heavy atom. The van der Waals surface area contributed by atoms with Crippen molar-refractivity contribution in [1.29, 1.82) is 0 Å². The summed E-state index contributed by atoms with van der Waals surface area (Å²) in [6, 6.07) is 5.28. The number of amides is 1. The summed E-state index contributed by atoms with van der Waals surface area (Å²) in [6.45, 7) is 1.91. The number of nitrogens with zero attached hydrogens (tertiary/aromatic N) is 1. The first-order valence-corrected chi connectivity index (χ1v) is 6.74. The molecule has 1 rings (SSSR count). The zero-order chi connectivity index (χ0) is 12.3. The number of halogens is 3. The minimum Gasteiger partial charge on any atom is -0.338 e. The maximum atomic E-state index is 12.1. The summed E-state index contributed by atoms with van der Waals surface area (Å²) >= 11 is 13.7. The van der Waals surface area contributed by atoms with E-state index in [4.69, 9.17) is 23.2 Å². The zero-order valence-electron chi connectivity index (χ0n) is 9.01. The van der Waals surface area contributed by atoms with E-state index >= 15 is 0 Å². The third-order valence-corrected chi connectivity index (χ3v) is 3.99. The molecule has 1 unspecified atom stereocenters. The van der Waals surface area contributed by atoms with E-state index in [0.717, 1.165) is 3.57 Å². The van der Waals surface area contributed by atoms with E-state index in [0.29, 0.717) is 16.5 Å². The lowest BCUT2D eigenvalue weighted by Crippen LogP contribution is -2.36. The second-order valence-corrected chi connectivity index (χ2v) is 5.45. The Bertz CT molecular complexity index is 398. The Balaban J connectivity index is 3.00. The molecule has 1 aromatic carbocycles. The van der Waals surface area contributed by atoms with Crippen molar-refractivity contribution in [2.45, 2.75) is 13.0 Å². The van der Waals surface area contributed by atoms with Crippen molar-refractivity contribution >= 4 is 51.7 Å². The highest BCUT2D eigenvalue weighted by Crippen LogP contribution is 2.20. The van der Waals surface area contributed by atoms with Crippen molar-refractivity contribution in [1.82, 2.24) is 4.90 Å². The van der Waals surface area contributed by atoms with E-state index in [1.807, 2.05) is 13.0 Å². The van der Waals surface area contributed by atoms with E-state index < -0.39 is 0 Å². The minimum atomic E-state index is -0.0555. The fraction of sp³-hybridized carbons (Fsp3) is 0.364. The van der Waals surface area contributed by atoms with Gasteiger partial charge >= 0.3 is 0 Å². The molecule has 0 aliphatic carbocycles. The smallest absolute Gasteiger partial charge is 0.255 e. The summed E-state index contributed by atoms with van der Waals surface area (Å²) < 4.78 is 0.889. The van der Waals surface area contributed by atoms with Gasteiger partial charge in [-0.25, -0.2) is 0 Å². The van der Waals surface area contributed by atoms with E-state index in [9.17, 15) is 4.79 Å². The summed E-state index contributed by atoms with van der Waals surface area (Å²) in [5.41, 5.74) is 0.618. The summed E-state index contributed by atoms with van der Waals surface area (Å²) in [6.07, 6.45) is 0. The maximum Gasteiger partial charge on any atom is 0.255 e. The molecule has 0 saturated carbocycles. The predicted octanol–water partition coefficient (Wildman–Crippen LogP) is 3.64. The third-order valence-electron chi connectivity index (χ3n) is 2.36. The fourth-order valence-corrected chi connectivity index (χ4v) is 2.10. The number of hydrogen-bond donors (Lipinski definition) is 0. The number of alkyl halides is 1. The summed E-state index contributed by atoms with van der Waals surface area (Å²) in [5, 5.41) is 0.565. The molecular weight excluding hydrogens is 360 g/mol. The average Bonchev–Trinajstić information content (AvgIpc) is 2.29. The van der Waals surface area contributed by atoms with Crippen LogP contribution >= 0.6 is 45.8 Å². The first-order valence-electron chi connectivity index (χ1n) is 4.75. The van der Waals surface area contributed by atoms with Gasteiger partial charge in [0.1, 0.15) is 0 Å². The second-order valence-electron chi connectivity index (χ2n) is 3.54. The molecule has 0 bridgehead atoms. The molecule has 0 spiro atoms. The van der Waals surface area contributed by atoms with Gasteiger partial charge < -0.3 is 4.90 Å². The van der Waals surface area contributed by atoms with Gasteiger partial charge in [0.05, 0.1) is 5.56 Å².